The van der Waals surface area contributed by atoms with E-state index in [4.69, 9.17) is 32.7 Å². The van der Waals surface area contributed by atoms with E-state index < -0.39 is 24.5 Å². The van der Waals surface area contributed by atoms with E-state index in [1.54, 1.807) is 12.1 Å². The number of esters is 1. The van der Waals surface area contributed by atoms with Crippen molar-refractivity contribution in [2.75, 3.05) is 20.3 Å². The molecule has 0 unspecified atom stereocenters. The second kappa shape index (κ2) is 9.25. The fourth-order valence-electron chi connectivity index (χ4n) is 2.07. The third kappa shape index (κ3) is 5.24. The number of halogens is 2. The molecule has 0 saturated carbocycles. The SMILES string of the molecule is COc1ccc2c(Cl)c(C(=O)OCC(=O)NC(=O)NCC(C)C)sc2c1Cl. The topological polar surface area (TPSA) is 93.7 Å². The monoisotopic (exact) mass is 432 g/mol. The van der Waals surface area contributed by atoms with E-state index >= 15 is 0 Å². The van der Waals surface area contributed by atoms with E-state index in [0.717, 1.165) is 11.3 Å². The number of rotatable bonds is 6. The Balaban J connectivity index is 2.02. The van der Waals surface area contributed by atoms with Gasteiger partial charge >= 0.3 is 12.0 Å². The standard InChI is InChI=1S/C17H18Cl2N2O5S/c1-8(2)6-20-17(24)21-11(22)7-26-16(23)15-12(18)9-4-5-10(25-3)13(19)14(9)27-15/h4-5,8H,6-7H2,1-3H3,(H2,20,21,22,24). The van der Waals surface area contributed by atoms with Crippen LogP contribution in [0.15, 0.2) is 12.1 Å². The number of methoxy groups -OCH3 is 1. The van der Waals surface area contributed by atoms with Gasteiger partial charge in [0.1, 0.15) is 15.6 Å². The van der Waals surface area contributed by atoms with Gasteiger partial charge in [0.25, 0.3) is 5.91 Å². The van der Waals surface area contributed by atoms with Crippen molar-refractivity contribution in [2.24, 2.45) is 5.92 Å². The zero-order valence-electron chi connectivity index (χ0n) is 14.9. The molecule has 0 atom stereocenters. The Bertz CT molecular complexity index is 882. The molecule has 0 aliphatic heterocycles. The molecule has 0 aliphatic rings. The molecular weight excluding hydrogens is 415 g/mol. The number of nitrogens with one attached hydrogen (secondary N) is 2. The molecule has 0 aliphatic carbocycles. The molecule has 0 bridgehead atoms. The highest BCUT2D eigenvalue weighted by Gasteiger charge is 2.22. The van der Waals surface area contributed by atoms with Crippen LogP contribution in [0.3, 0.4) is 0 Å². The second-order valence-corrected chi connectivity index (χ2v) is 7.71. The lowest BCUT2D eigenvalue weighted by molar-refractivity contribution is -0.123. The molecule has 7 nitrogen and oxygen atoms in total. The lowest BCUT2D eigenvalue weighted by Gasteiger charge is -2.08. The van der Waals surface area contributed by atoms with Crippen molar-refractivity contribution < 1.29 is 23.9 Å². The van der Waals surface area contributed by atoms with Crippen LogP contribution in [-0.2, 0) is 9.53 Å². The molecule has 1 heterocycles. The van der Waals surface area contributed by atoms with E-state index in [1.165, 1.54) is 7.11 Å². The van der Waals surface area contributed by atoms with Crippen LogP contribution >= 0.6 is 34.5 Å². The maximum Gasteiger partial charge on any atom is 0.350 e. The maximum atomic E-state index is 12.3. The van der Waals surface area contributed by atoms with E-state index in [9.17, 15) is 14.4 Å². The smallest absolute Gasteiger partial charge is 0.350 e. The van der Waals surface area contributed by atoms with Gasteiger partial charge in [-0.25, -0.2) is 9.59 Å². The quantitative estimate of drug-likeness (QED) is 0.675. The van der Waals surface area contributed by atoms with Gasteiger partial charge in [-0.15, -0.1) is 11.3 Å². The summed E-state index contributed by atoms with van der Waals surface area (Å²) >= 11 is 13.5. The first-order valence-corrected chi connectivity index (χ1v) is 9.51. The zero-order chi connectivity index (χ0) is 20.1. The van der Waals surface area contributed by atoms with Crippen molar-refractivity contribution in [1.82, 2.24) is 10.6 Å². The minimum Gasteiger partial charge on any atom is -0.495 e. The summed E-state index contributed by atoms with van der Waals surface area (Å²) in [5, 5.41) is 5.69. The van der Waals surface area contributed by atoms with Crippen LogP contribution in [0.1, 0.15) is 23.5 Å². The molecule has 0 spiro atoms. The molecule has 3 amide bonds. The van der Waals surface area contributed by atoms with Crippen LogP contribution in [-0.4, -0.2) is 38.2 Å². The number of hydrogen-bond donors (Lipinski definition) is 2. The summed E-state index contributed by atoms with van der Waals surface area (Å²) in [5.41, 5.74) is 0. The minimum absolute atomic E-state index is 0.110. The van der Waals surface area contributed by atoms with E-state index in [1.807, 2.05) is 13.8 Å². The molecule has 1 aromatic carbocycles. The highest BCUT2D eigenvalue weighted by atomic mass is 35.5. The predicted octanol–water partition coefficient (Wildman–Crippen LogP) is 3.86. The van der Waals surface area contributed by atoms with Crippen molar-refractivity contribution in [3.8, 4) is 5.75 Å². The Morgan fingerprint density at radius 3 is 2.52 bits per heavy atom. The summed E-state index contributed by atoms with van der Waals surface area (Å²) < 4.78 is 10.7. The second-order valence-electron chi connectivity index (χ2n) is 5.93. The first kappa shape index (κ1) is 21.3. The van der Waals surface area contributed by atoms with Crippen LogP contribution < -0.4 is 15.4 Å². The molecule has 0 radical (unpaired) electrons. The van der Waals surface area contributed by atoms with Gasteiger partial charge in [-0.05, 0) is 18.1 Å². The lowest BCUT2D eigenvalue weighted by Crippen LogP contribution is -2.42. The molecule has 2 aromatic rings. The number of carbonyl (C=O) groups excluding carboxylic acids is 3. The van der Waals surface area contributed by atoms with Gasteiger partial charge in [0.15, 0.2) is 6.61 Å². The van der Waals surface area contributed by atoms with Crippen molar-refractivity contribution in [2.45, 2.75) is 13.8 Å². The summed E-state index contributed by atoms with van der Waals surface area (Å²) in [6.07, 6.45) is 0. The number of urea groups is 1. The molecule has 10 heteroatoms. The first-order chi connectivity index (χ1) is 12.7. The number of fused-ring (bicyclic) bond motifs is 1. The minimum atomic E-state index is -0.783. The van der Waals surface area contributed by atoms with Gasteiger partial charge in [-0.3, -0.25) is 10.1 Å². The van der Waals surface area contributed by atoms with Gasteiger partial charge in [0.2, 0.25) is 0 Å². The number of hydrogen-bond acceptors (Lipinski definition) is 6. The fourth-order valence-corrected chi connectivity index (χ4v) is 3.85. The Labute approximate surface area is 169 Å². The van der Waals surface area contributed by atoms with Gasteiger partial charge in [-0.1, -0.05) is 37.0 Å². The van der Waals surface area contributed by atoms with Gasteiger partial charge in [-0.2, -0.15) is 0 Å². The van der Waals surface area contributed by atoms with E-state index in [2.05, 4.69) is 10.6 Å². The summed E-state index contributed by atoms with van der Waals surface area (Å²) in [7, 11) is 1.48. The predicted molar refractivity (Wildman–Crippen MR) is 105 cm³/mol. The van der Waals surface area contributed by atoms with Gasteiger partial charge in [0.05, 0.1) is 16.8 Å². The Morgan fingerprint density at radius 1 is 1.19 bits per heavy atom. The summed E-state index contributed by atoms with van der Waals surface area (Å²) in [5.74, 6) is -0.839. The average Bonchev–Trinajstić information content (AvgIpc) is 2.96. The van der Waals surface area contributed by atoms with Crippen LogP contribution in [0.4, 0.5) is 4.79 Å². The number of imide groups is 1. The highest BCUT2D eigenvalue weighted by molar-refractivity contribution is 7.22. The molecule has 146 valence electrons. The van der Waals surface area contributed by atoms with Gasteiger partial charge in [0, 0.05) is 11.9 Å². The number of carbonyl (C=O) groups is 3. The van der Waals surface area contributed by atoms with E-state index in [0.29, 0.717) is 27.4 Å². The Kier molecular flexibility index (Phi) is 7.29. The maximum absolute atomic E-state index is 12.3. The molecule has 1 aromatic heterocycles. The normalized spacial score (nSPS) is 10.7. The average molecular weight is 433 g/mol. The molecule has 2 rings (SSSR count). The Hall–Kier alpha value is -2.03. The van der Waals surface area contributed by atoms with Crippen molar-refractivity contribution in [1.29, 1.82) is 0 Å². The highest BCUT2D eigenvalue weighted by Crippen LogP contribution is 2.43. The summed E-state index contributed by atoms with van der Waals surface area (Å²) in [6.45, 7) is 3.64. The number of amides is 3. The van der Waals surface area contributed by atoms with Crippen LogP contribution in [0.25, 0.3) is 10.1 Å². The largest absolute Gasteiger partial charge is 0.495 e. The molecular formula is C17H18Cl2N2O5S. The van der Waals surface area contributed by atoms with Crippen molar-refractivity contribution in [3.63, 3.8) is 0 Å². The third-order valence-electron chi connectivity index (χ3n) is 3.37. The summed E-state index contributed by atoms with van der Waals surface area (Å²) in [6, 6.07) is 2.67. The lowest BCUT2D eigenvalue weighted by atomic mass is 10.2. The van der Waals surface area contributed by atoms with Crippen molar-refractivity contribution in [3.05, 3.63) is 27.1 Å². The summed E-state index contributed by atoms with van der Waals surface area (Å²) in [4.78, 5) is 35.6. The number of benzene rings is 1. The molecule has 2 N–H and O–H groups in total. The molecule has 0 saturated heterocycles. The van der Waals surface area contributed by atoms with E-state index in [-0.39, 0.29) is 15.8 Å². The number of thiophene rings is 1. The molecule has 27 heavy (non-hydrogen) atoms. The first-order valence-electron chi connectivity index (χ1n) is 7.93. The fraction of sp³-hybridized carbons (Fsp3) is 0.353. The molecule has 0 fully saturated rings. The van der Waals surface area contributed by atoms with Gasteiger partial charge < -0.3 is 14.8 Å². The third-order valence-corrected chi connectivity index (χ3v) is 5.56. The van der Waals surface area contributed by atoms with Crippen LogP contribution in [0, 0.1) is 5.92 Å². The van der Waals surface area contributed by atoms with Crippen LogP contribution in [0.2, 0.25) is 10.0 Å². The Morgan fingerprint density at radius 2 is 1.89 bits per heavy atom. The van der Waals surface area contributed by atoms with Crippen LogP contribution in [0.5, 0.6) is 5.75 Å². The zero-order valence-corrected chi connectivity index (χ0v) is 17.2. The number of ether oxygens (including phenoxy) is 2. The van der Waals surface area contributed by atoms with Crippen molar-refractivity contribution >= 4 is 62.5 Å².